The molecule has 6 heteroatoms. The van der Waals surface area contributed by atoms with Gasteiger partial charge in [0.25, 0.3) is 5.91 Å². The normalized spacial score (nSPS) is 14.5. The number of phenols is 1. The van der Waals surface area contributed by atoms with Crippen molar-refractivity contribution in [1.82, 2.24) is 4.90 Å². The molecule has 1 amide bonds. The molecule has 1 heterocycles. The van der Waals surface area contributed by atoms with E-state index in [1.54, 1.807) is 24.3 Å². The number of hydrogen-bond acceptors (Lipinski definition) is 5. The first-order valence-electron chi connectivity index (χ1n) is 12.6. The van der Waals surface area contributed by atoms with Crippen LogP contribution in [0.1, 0.15) is 52.1 Å². The zero-order valence-corrected chi connectivity index (χ0v) is 21.3. The van der Waals surface area contributed by atoms with Crippen molar-refractivity contribution in [3.63, 3.8) is 0 Å². The van der Waals surface area contributed by atoms with Crippen LogP contribution < -0.4 is 10.2 Å². The van der Waals surface area contributed by atoms with Crippen LogP contribution in [0.2, 0.25) is 0 Å². The first-order valence-corrected chi connectivity index (χ1v) is 12.6. The predicted molar refractivity (Wildman–Crippen MR) is 145 cm³/mol. The monoisotopic (exact) mass is 485 g/mol. The van der Waals surface area contributed by atoms with Crippen LogP contribution >= 0.6 is 0 Å². The number of carbonyl (C=O) groups is 2. The van der Waals surface area contributed by atoms with Crippen LogP contribution in [-0.2, 0) is 6.42 Å². The Morgan fingerprint density at radius 3 is 2.28 bits per heavy atom. The number of Topliss-reactive ketones (excluding diaryl/α,β-unsaturated/α-hetero) is 1. The van der Waals surface area contributed by atoms with Gasteiger partial charge in [-0.3, -0.25) is 14.5 Å². The Hall–Kier alpha value is -3.64. The number of anilines is 2. The third-order valence-electron chi connectivity index (χ3n) is 6.85. The fraction of sp³-hybridized carbons (Fsp3) is 0.333. The van der Waals surface area contributed by atoms with E-state index in [-0.39, 0.29) is 29.5 Å². The van der Waals surface area contributed by atoms with Crippen molar-refractivity contribution in [3.8, 4) is 5.75 Å². The lowest BCUT2D eigenvalue weighted by Gasteiger charge is -2.25. The summed E-state index contributed by atoms with van der Waals surface area (Å²) in [7, 11) is 0. The van der Waals surface area contributed by atoms with Gasteiger partial charge in [0, 0.05) is 55.5 Å². The maximum absolute atomic E-state index is 13.0. The molecule has 1 fully saturated rings. The quantitative estimate of drug-likeness (QED) is 0.351. The van der Waals surface area contributed by atoms with Crippen molar-refractivity contribution in [1.29, 1.82) is 0 Å². The van der Waals surface area contributed by atoms with Crippen molar-refractivity contribution < 1.29 is 14.7 Å². The van der Waals surface area contributed by atoms with Crippen molar-refractivity contribution in [2.45, 2.75) is 39.7 Å². The predicted octanol–water partition coefficient (Wildman–Crippen LogP) is 5.30. The number of para-hydroxylation sites is 1. The van der Waals surface area contributed by atoms with Gasteiger partial charge in [-0.15, -0.1) is 0 Å². The summed E-state index contributed by atoms with van der Waals surface area (Å²) in [6.45, 7) is 10.5. The molecule has 0 radical (unpaired) electrons. The fourth-order valence-corrected chi connectivity index (χ4v) is 4.61. The molecule has 0 unspecified atom stereocenters. The summed E-state index contributed by atoms with van der Waals surface area (Å²) in [6, 6.07) is 20.5. The molecule has 188 valence electrons. The van der Waals surface area contributed by atoms with E-state index in [4.69, 9.17) is 0 Å². The van der Waals surface area contributed by atoms with E-state index in [2.05, 4.69) is 29.0 Å². The maximum Gasteiger partial charge on any atom is 0.255 e. The van der Waals surface area contributed by atoms with E-state index >= 15 is 0 Å². The smallest absolute Gasteiger partial charge is 0.255 e. The number of phenolic OH excluding ortho intramolecular Hbond substituents is 1. The fourth-order valence-electron chi connectivity index (χ4n) is 4.61. The molecule has 1 aliphatic heterocycles. The topological polar surface area (TPSA) is 72.9 Å². The number of hydrogen-bond donors (Lipinski definition) is 2. The zero-order valence-electron chi connectivity index (χ0n) is 21.3. The molecule has 0 aromatic heterocycles. The average molecular weight is 486 g/mol. The van der Waals surface area contributed by atoms with Crippen LogP contribution in [0.25, 0.3) is 0 Å². The highest BCUT2D eigenvalue weighted by atomic mass is 16.3. The Bertz CT molecular complexity index is 1200. The third-order valence-corrected chi connectivity index (χ3v) is 6.85. The van der Waals surface area contributed by atoms with E-state index in [0.29, 0.717) is 22.7 Å². The highest BCUT2D eigenvalue weighted by Crippen LogP contribution is 2.29. The summed E-state index contributed by atoms with van der Waals surface area (Å²) in [6.07, 6.45) is 1.19. The average Bonchev–Trinajstić information content (AvgIpc) is 3.13. The number of benzene rings is 3. The number of aromatic hydroxyl groups is 1. The van der Waals surface area contributed by atoms with Crippen LogP contribution in [0.5, 0.6) is 5.75 Å². The third kappa shape index (κ3) is 6.13. The number of ketones is 1. The molecule has 6 nitrogen and oxygen atoms in total. The van der Waals surface area contributed by atoms with Gasteiger partial charge in [0.05, 0.1) is 5.69 Å². The summed E-state index contributed by atoms with van der Waals surface area (Å²) >= 11 is 0. The molecule has 0 bridgehead atoms. The first kappa shape index (κ1) is 25.5. The van der Waals surface area contributed by atoms with Crippen LogP contribution in [0.4, 0.5) is 11.4 Å². The number of nitrogens with one attached hydrogen (secondary N) is 1. The molecule has 0 atom stereocenters. The molecule has 36 heavy (non-hydrogen) atoms. The van der Waals surface area contributed by atoms with Crippen LogP contribution in [0.15, 0.2) is 66.7 Å². The molecule has 1 aliphatic rings. The molecular formula is C30H35N3O3. The van der Waals surface area contributed by atoms with Gasteiger partial charge in [-0.05, 0) is 63.1 Å². The summed E-state index contributed by atoms with van der Waals surface area (Å²) in [5, 5.41) is 13.3. The van der Waals surface area contributed by atoms with Crippen molar-refractivity contribution in [2.24, 2.45) is 0 Å². The van der Waals surface area contributed by atoms with Gasteiger partial charge in [0.1, 0.15) is 5.75 Å². The second kappa shape index (κ2) is 11.4. The molecule has 2 N–H and O–H groups in total. The van der Waals surface area contributed by atoms with Crippen LogP contribution in [0.3, 0.4) is 0 Å². The Balaban J connectivity index is 1.45. The summed E-state index contributed by atoms with van der Waals surface area (Å²) in [5.74, 6) is -0.462. The highest BCUT2D eigenvalue weighted by molar-refractivity contribution is 6.06. The van der Waals surface area contributed by atoms with Gasteiger partial charge in [-0.1, -0.05) is 42.0 Å². The zero-order chi connectivity index (χ0) is 25.7. The molecule has 0 aliphatic carbocycles. The van der Waals surface area contributed by atoms with Gasteiger partial charge in [-0.2, -0.15) is 0 Å². The van der Waals surface area contributed by atoms with E-state index in [1.807, 2.05) is 43.3 Å². The van der Waals surface area contributed by atoms with Crippen molar-refractivity contribution in [2.75, 3.05) is 36.4 Å². The maximum atomic E-state index is 13.0. The van der Waals surface area contributed by atoms with Crippen molar-refractivity contribution >= 4 is 23.1 Å². The largest absolute Gasteiger partial charge is 0.506 e. The lowest BCUT2D eigenvalue weighted by atomic mass is 10.00. The summed E-state index contributed by atoms with van der Waals surface area (Å²) in [4.78, 5) is 30.7. The van der Waals surface area contributed by atoms with Gasteiger partial charge in [-0.25, -0.2) is 0 Å². The summed E-state index contributed by atoms with van der Waals surface area (Å²) in [5.41, 5.74) is 4.12. The number of amides is 1. The number of rotatable bonds is 7. The van der Waals surface area contributed by atoms with Gasteiger partial charge in [0.15, 0.2) is 5.78 Å². The van der Waals surface area contributed by atoms with Gasteiger partial charge in [0.2, 0.25) is 0 Å². The molecule has 1 saturated heterocycles. The molecular weight excluding hydrogens is 450 g/mol. The van der Waals surface area contributed by atoms with E-state index in [0.717, 1.165) is 43.9 Å². The van der Waals surface area contributed by atoms with Crippen LogP contribution in [0, 0.1) is 6.92 Å². The van der Waals surface area contributed by atoms with Crippen LogP contribution in [-0.4, -0.2) is 53.9 Å². The first-order chi connectivity index (χ1) is 17.3. The Labute approximate surface area is 213 Å². The SMILES string of the molecule is Cc1ccc(C(=O)Cc2cccc(O)c2NC(=O)c2ccc(N3CCCN(C(C)C)CC3)cc2)cc1. The molecule has 4 rings (SSSR count). The standard InChI is InChI=1S/C30H35N3O3/c1-21(2)32-16-5-17-33(19-18-32)26-14-12-24(13-15-26)30(36)31-29-25(6-4-7-27(29)34)20-28(35)23-10-8-22(3)9-11-23/h4,6-15,21,34H,5,16-20H2,1-3H3,(H,31,36). The number of carbonyl (C=O) groups excluding carboxylic acids is 2. The minimum Gasteiger partial charge on any atom is -0.506 e. The van der Waals surface area contributed by atoms with Gasteiger partial charge < -0.3 is 15.3 Å². The van der Waals surface area contributed by atoms with E-state index < -0.39 is 0 Å². The minimum atomic E-state index is -0.325. The Kier molecular flexibility index (Phi) is 8.06. The van der Waals surface area contributed by atoms with E-state index in [9.17, 15) is 14.7 Å². The number of nitrogens with zero attached hydrogens (tertiary/aromatic N) is 2. The Morgan fingerprint density at radius 2 is 1.58 bits per heavy atom. The molecule has 0 spiro atoms. The number of aryl methyl sites for hydroxylation is 1. The minimum absolute atomic E-state index is 0.0616. The summed E-state index contributed by atoms with van der Waals surface area (Å²) < 4.78 is 0. The second-order valence-corrected chi connectivity index (χ2v) is 9.75. The van der Waals surface area contributed by atoms with Gasteiger partial charge >= 0.3 is 0 Å². The van der Waals surface area contributed by atoms with Crippen molar-refractivity contribution in [3.05, 3.63) is 89.0 Å². The lowest BCUT2D eigenvalue weighted by Crippen LogP contribution is -2.35. The molecule has 3 aromatic carbocycles. The molecule has 0 saturated carbocycles. The highest BCUT2D eigenvalue weighted by Gasteiger charge is 2.19. The Morgan fingerprint density at radius 1 is 0.889 bits per heavy atom. The lowest BCUT2D eigenvalue weighted by molar-refractivity contribution is 0.0989. The molecule has 3 aromatic rings. The second-order valence-electron chi connectivity index (χ2n) is 9.75. The van der Waals surface area contributed by atoms with E-state index in [1.165, 1.54) is 6.07 Å².